The predicted octanol–water partition coefficient (Wildman–Crippen LogP) is 1.50. The molecule has 2 heterocycles. The van der Waals surface area contributed by atoms with Crippen LogP contribution in [0.3, 0.4) is 0 Å². The molecule has 16 heavy (non-hydrogen) atoms. The molecule has 1 atom stereocenters. The Kier molecular flexibility index (Phi) is 3.96. The Morgan fingerprint density at radius 2 is 2.31 bits per heavy atom. The van der Waals surface area contributed by atoms with Crippen molar-refractivity contribution >= 4 is 0 Å². The van der Waals surface area contributed by atoms with E-state index in [1.54, 1.807) is 0 Å². The molecule has 0 aliphatic carbocycles. The molecule has 4 nitrogen and oxygen atoms in total. The lowest BCUT2D eigenvalue weighted by Gasteiger charge is -2.20. The molecule has 1 aromatic heterocycles. The molecular weight excluding hydrogens is 202 g/mol. The van der Waals surface area contributed by atoms with Crippen LogP contribution < -0.4 is 10.6 Å². The van der Waals surface area contributed by atoms with Crippen molar-refractivity contribution in [1.82, 2.24) is 15.6 Å². The minimum absolute atomic E-state index is 0.245. The van der Waals surface area contributed by atoms with Crippen molar-refractivity contribution in [2.24, 2.45) is 5.92 Å². The van der Waals surface area contributed by atoms with Crippen molar-refractivity contribution < 1.29 is 4.42 Å². The van der Waals surface area contributed by atoms with Gasteiger partial charge in [0.25, 0.3) is 0 Å². The van der Waals surface area contributed by atoms with Crippen LogP contribution in [-0.4, -0.2) is 25.1 Å². The number of piperidine rings is 1. The van der Waals surface area contributed by atoms with Gasteiger partial charge in [-0.3, -0.25) is 0 Å². The fourth-order valence-electron chi connectivity index (χ4n) is 2.09. The number of nitrogens with zero attached hydrogens (tertiary/aromatic N) is 1. The third-order valence-corrected chi connectivity index (χ3v) is 3.35. The number of aromatic nitrogens is 1. The van der Waals surface area contributed by atoms with Gasteiger partial charge in [-0.25, -0.2) is 4.98 Å². The highest BCUT2D eigenvalue weighted by Crippen LogP contribution is 2.20. The van der Waals surface area contributed by atoms with Gasteiger partial charge in [-0.15, -0.1) is 0 Å². The van der Waals surface area contributed by atoms with Gasteiger partial charge in [-0.1, -0.05) is 0 Å². The first-order valence-corrected chi connectivity index (χ1v) is 6.12. The van der Waals surface area contributed by atoms with Crippen molar-refractivity contribution in [3.8, 4) is 0 Å². The Bertz CT molecular complexity index is 318. The lowest BCUT2D eigenvalue weighted by Crippen LogP contribution is -2.28. The number of rotatable bonds is 4. The molecule has 0 saturated carbocycles. The zero-order valence-electron chi connectivity index (χ0n) is 10.1. The molecule has 1 aliphatic heterocycles. The quantitative estimate of drug-likeness (QED) is 0.812. The summed E-state index contributed by atoms with van der Waals surface area (Å²) >= 11 is 0. The summed E-state index contributed by atoms with van der Waals surface area (Å²) in [7, 11) is 1.93. The maximum atomic E-state index is 5.75. The first kappa shape index (κ1) is 11.6. The van der Waals surface area contributed by atoms with E-state index in [0.717, 1.165) is 37.1 Å². The van der Waals surface area contributed by atoms with E-state index in [4.69, 9.17) is 4.42 Å². The Morgan fingerprint density at radius 3 is 3.00 bits per heavy atom. The average Bonchev–Trinajstić information content (AvgIpc) is 2.78. The SMILES string of the molecule is CNC(C)c1cnc(CC2CCNCC2)o1. The minimum atomic E-state index is 0.245. The van der Waals surface area contributed by atoms with Gasteiger partial charge in [0.1, 0.15) is 5.76 Å². The van der Waals surface area contributed by atoms with Crippen LogP contribution in [-0.2, 0) is 6.42 Å². The molecule has 0 amide bonds. The van der Waals surface area contributed by atoms with Crippen molar-refractivity contribution in [2.45, 2.75) is 32.2 Å². The molecule has 0 spiro atoms. The Labute approximate surface area is 96.8 Å². The smallest absolute Gasteiger partial charge is 0.194 e. The van der Waals surface area contributed by atoms with Crippen molar-refractivity contribution in [1.29, 1.82) is 0 Å². The van der Waals surface area contributed by atoms with Gasteiger partial charge in [-0.2, -0.15) is 0 Å². The average molecular weight is 223 g/mol. The highest BCUT2D eigenvalue weighted by Gasteiger charge is 2.17. The second-order valence-corrected chi connectivity index (χ2v) is 4.56. The van der Waals surface area contributed by atoms with Crippen LogP contribution in [0.5, 0.6) is 0 Å². The van der Waals surface area contributed by atoms with E-state index >= 15 is 0 Å². The van der Waals surface area contributed by atoms with E-state index in [1.807, 2.05) is 13.2 Å². The largest absolute Gasteiger partial charge is 0.444 e. The first-order valence-electron chi connectivity index (χ1n) is 6.12. The molecule has 0 aromatic carbocycles. The number of oxazole rings is 1. The normalized spacial score (nSPS) is 19.9. The zero-order chi connectivity index (χ0) is 11.4. The van der Waals surface area contributed by atoms with Crippen LogP contribution in [0.25, 0.3) is 0 Å². The lowest BCUT2D eigenvalue weighted by molar-refractivity contribution is 0.330. The summed E-state index contributed by atoms with van der Waals surface area (Å²) in [4.78, 5) is 4.35. The highest BCUT2D eigenvalue weighted by atomic mass is 16.4. The van der Waals surface area contributed by atoms with Gasteiger partial charge in [0.05, 0.1) is 12.2 Å². The van der Waals surface area contributed by atoms with Gasteiger partial charge >= 0.3 is 0 Å². The minimum Gasteiger partial charge on any atom is -0.444 e. The van der Waals surface area contributed by atoms with E-state index in [2.05, 4.69) is 22.5 Å². The first-order chi connectivity index (χ1) is 7.79. The summed E-state index contributed by atoms with van der Waals surface area (Å²) in [6.45, 7) is 4.34. The molecule has 1 fully saturated rings. The van der Waals surface area contributed by atoms with Crippen LogP contribution in [0, 0.1) is 5.92 Å². The fourth-order valence-corrected chi connectivity index (χ4v) is 2.09. The molecule has 90 valence electrons. The van der Waals surface area contributed by atoms with E-state index in [0.29, 0.717) is 0 Å². The summed E-state index contributed by atoms with van der Waals surface area (Å²) < 4.78 is 5.75. The van der Waals surface area contributed by atoms with Crippen molar-refractivity contribution in [3.63, 3.8) is 0 Å². The summed E-state index contributed by atoms with van der Waals surface area (Å²) in [5.74, 6) is 2.56. The van der Waals surface area contributed by atoms with Gasteiger partial charge < -0.3 is 15.1 Å². The predicted molar refractivity (Wildman–Crippen MR) is 63.3 cm³/mol. The molecular formula is C12H21N3O. The number of nitrogens with one attached hydrogen (secondary N) is 2. The summed E-state index contributed by atoms with van der Waals surface area (Å²) in [5.41, 5.74) is 0. The molecule has 2 N–H and O–H groups in total. The standard InChI is InChI=1S/C12H21N3O/c1-9(13-2)11-8-15-12(16-11)7-10-3-5-14-6-4-10/h8-10,13-14H,3-7H2,1-2H3. The number of hydrogen-bond acceptors (Lipinski definition) is 4. The number of hydrogen-bond donors (Lipinski definition) is 2. The van der Waals surface area contributed by atoms with E-state index < -0.39 is 0 Å². The molecule has 0 radical (unpaired) electrons. The molecule has 1 saturated heterocycles. The maximum Gasteiger partial charge on any atom is 0.194 e. The van der Waals surface area contributed by atoms with Gasteiger partial charge in [0.2, 0.25) is 0 Å². The van der Waals surface area contributed by atoms with Crippen molar-refractivity contribution in [3.05, 3.63) is 17.8 Å². The molecule has 0 bridgehead atoms. The van der Waals surface area contributed by atoms with Crippen LogP contribution in [0.15, 0.2) is 10.6 Å². The summed E-state index contributed by atoms with van der Waals surface area (Å²) in [6, 6.07) is 0.245. The molecule has 4 heteroatoms. The zero-order valence-corrected chi connectivity index (χ0v) is 10.1. The Balaban J connectivity index is 1.91. The van der Waals surface area contributed by atoms with E-state index in [9.17, 15) is 0 Å². The molecule has 1 unspecified atom stereocenters. The van der Waals surface area contributed by atoms with Crippen LogP contribution in [0.2, 0.25) is 0 Å². The highest BCUT2D eigenvalue weighted by molar-refractivity contribution is 5.00. The molecule has 2 rings (SSSR count). The Morgan fingerprint density at radius 1 is 1.56 bits per heavy atom. The second-order valence-electron chi connectivity index (χ2n) is 4.56. The third kappa shape index (κ3) is 2.83. The van der Waals surface area contributed by atoms with Gasteiger partial charge in [0, 0.05) is 6.42 Å². The summed E-state index contributed by atoms with van der Waals surface area (Å²) in [6.07, 6.45) is 5.30. The fraction of sp³-hybridized carbons (Fsp3) is 0.750. The van der Waals surface area contributed by atoms with Crippen LogP contribution in [0.4, 0.5) is 0 Å². The van der Waals surface area contributed by atoms with Crippen LogP contribution in [0.1, 0.15) is 37.5 Å². The monoisotopic (exact) mass is 223 g/mol. The lowest BCUT2D eigenvalue weighted by atomic mass is 9.95. The third-order valence-electron chi connectivity index (χ3n) is 3.35. The van der Waals surface area contributed by atoms with Gasteiger partial charge in [0.15, 0.2) is 5.89 Å². The molecule has 1 aromatic rings. The Hall–Kier alpha value is -0.870. The van der Waals surface area contributed by atoms with Gasteiger partial charge in [-0.05, 0) is 45.8 Å². The second kappa shape index (κ2) is 5.46. The maximum absolute atomic E-state index is 5.75. The molecule has 1 aliphatic rings. The van der Waals surface area contributed by atoms with E-state index in [1.165, 1.54) is 12.8 Å². The summed E-state index contributed by atoms with van der Waals surface area (Å²) in [5, 5.41) is 6.53. The van der Waals surface area contributed by atoms with Crippen LogP contribution >= 0.6 is 0 Å². The topological polar surface area (TPSA) is 50.1 Å². The van der Waals surface area contributed by atoms with E-state index in [-0.39, 0.29) is 6.04 Å². The van der Waals surface area contributed by atoms with Crippen molar-refractivity contribution in [2.75, 3.05) is 20.1 Å².